The van der Waals surface area contributed by atoms with Crippen molar-refractivity contribution in [2.45, 2.75) is 6.42 Å². The van der Waals surface area contributed by atoms with Crippen molar-refractivity contribution < 1.29 is 4.74 Å². The summed E-state index contributed by atoms with van der Waals surface area (Å²) < 4.78 is 5.39. The molecule has 2 aromatic rings. The summed E-state index contributed by atoms with van der Waals surface area (Å²) in [5.74, 6) is 1.38. The number of nitrogens with two attached hydrogens (primary N) is 1. The summed E-state index contributed by atoms with van der Waals surface area (Å²) in [6.07, 6.45) is 12.5. The van der Waals surface area contributed by atoms with Crippen LogP contribution >= 0.6 is 0 Å². The third-order valence-corrected chi connectivity index (χ3v) is 5.49. The predicted octanol–water partition coefficient (Wildman–Crippen LogP) is 2.23. The second-order valence-corrected chi connectivity index (χ2v) is 7.41. The Kier molecular flexibility index (Phi) is 6.17. The lowest BCUT2D eigenvalue weighted by atomic mass is 10.1. The molecule has 0 aromatic carbocycles. The van der Waals surface area contributed by atoms with E-state index in [2.05, 4.69) is 32.5 Å². The molecule has 0 aliphatic carbocycles. The van der Waals surface area contributed by atoms with Gasteiger partial charge in [-0.25, -0.2) is 9.97 Å². The lowest BCUT2D eigenvalue weighted by molar-refractivity contribution is 0.0594. The molecule has 4 rings (SSSR count). The van der Waals surface area contributed by atoms with Crippen LogP contribution in [0.4, 0.5) is 5.82 Å². The van der Waals surface area contributed by atoms with Gasteiger partial charge >= 0.3 is 0 Å². The fraction of sp³-hybridized carbons (Fsp3) is 0.409. The molecule has 2 saturated heterocycles. The molecule has 1 atom stereocenters. The van der Waals surface area contributed by atoms with Crippen LogP contribution in [0.15, 0.2) is 49.5 Å². The molecule has 2 aliphatic heterocycles. The first-order chi connectivity index (χ1) is 14.3. The zero-order chi connectivity index (χ0) is 20.1. The average Bonchev–Trinajstić information content (AvgIpc) is 3.26. The molecule has 0 radical (unpaired) electrons. The number of rotatable bonds is 6. The van der Waals surface area contributed by atoms with Crippen LogP contribution < -0.4 is 10.6 Å². The molecule has 152 valence electrons. The molecule has 1 unspecified atom stereocenters. The second kappa shape index (κ2) is 9.15. The molecule has 2 N–H and O–H groups in total. The standard InChI is InChI=1S/C22H28N6O/c1-2-18(4-3-8-27-10-12-29-13-11-27)19-14-20-21(25-7-6-24-20)22(26-19)28-9-5-17(15-23)16-28/h2-4,6-8,14,17H,1,5,9-13,15-16,23H2/b8-3+,18-4+. The van der Waals surface area contributed by atoms with Crippen molar-refractivity contribution in [1.82, 2.24) is 19.9 Å². The quantitative estimate of drug-likeness (QED) is 0.755. The maximum absolute atomic E-state index is 5.89. The van der Waals surface area contributed by atoms with Gasteiger partial charge in [0.1, 0.15) is 5.52 Å². The van der Waals surface area contributed by atoms with E-state index >= 15 is 0 Å². The highest BCUT2D eigenvalue weighted by atomic mass is 16.5. The topological polar surface area (TPSA) is 80.4 Å². The monoisotopic (exact) mass is 392 g/mol. The fourth-order valence-electron chi connectivity index (χ4n) is 3.79. The highest BCUT2D eigenvalue weighted by Gasteiger charge is 2.25. The summed E-state index contributed by atoms with van der Waals surface area (Å²) in [6.45, 7) is 9.92. The Bertz CT molecular complexity index is 919. The first kappa shape index (κ1) is 19.5. The molecule has 0 amide bonds. The lowest BCUT2D eigenvalue weighted by Gasteiger charge is -2.24. The van der Waals surface area contributed by atoms with Gasteiger partial charge in [-0.05, 0) is 42.8 Å². The third-order valence-electron chi connectivity index (χ3n) is 5.49. The molecule has 0 saturated carbocycles. The Balaban J connectivity index is 1.66. The van der Waals surface area contributed by atoms with Crippen LogP contribution in [-0.4, -0.2) is 65.8 Å². The highest BCUT2D eigenvalue weighted by Crippen LogP contribution is 2.29. The Morgan fingerprint density at radius 2 is 2.07 bits per heavy atom. The number of hydrogen-bond acceptors (Lipinski definition) is 7. The molecule has 4 heterocycles. The molecule has 2 fully saturated rings. The van der Waals surface area contributed by atoms with Gasteiger partial charge in [-0.3, -0.25) is 4.98 Å². The first-order valence-corrected chi connectivity index (χ1v) is 10.2. The minimum absolute atomic E-state index is 0.498. The zero-order valence-electron chi connectivity index (χ0n) is 16.7. The number of allylic oxidation sites excluding steroid dienone is 4. The van der Waals surface area contributed by atoms with Crippen molar-refractivity contribution in [2.75, 3.05) is 50.8 Å². The Hall–Kier alpha value is -2.77. The number of anilines is 1. The van der Waals surface area contributed by atoms with E-state index < -0.39 is 0 Å². The summed E-state index contributed by atoms with van der Waals surface area (Å²) in [5.41, 5.74) is 9.37. The van der Waals surface area contributed by atoms with Crippen LogP contribution in [0.5, 0.6) is 0 Å². The van der Waals surface area contributed by atoms with Crippen LogP contribution in [-0.2, 0) is 4.74 Å². The Labute approximate surface area is 171 Å². The van der Waals surface area contributed by atoms with Crippen LogP contribution in [0.2, 0.25) is 0 Å². The average molecular weight is 393 g/mol. The molecule has 7 heteroatoms. The summed E-state index contributed by atoms with van der Waals surface area (Å²) in [7, 11) is 0. The molecule has 7 nitrogen and oxygen atoms in total. The van der Waals surface area contributed by atoms with Crippen molar-refractivity contribution in [3.63, 3.8) is 0 Å². The van der Waals surface area contributed by atoms with Gasteiger partial charge in [0.2, 0.25) is 0 Å². The normalized spacial score (nSPS) is 20.7. The maximum atomic E-state index is 5.89. The number of nitrogens with zero attached hydrogens (tertiary/aromatic N) is 5. The van der Waals surface area contributed by atoms with Gasteiger partial charge in [-0.1, -0.05) is 18.7 Å². The predicted molar refractivity (Wildman–Crippen MR) is 116 cm³/mol. The van der Waals surface area contributed by atoms with Crippen LogP contribution in [0.25, 0.3) is 16.6 Å². The van der Waals surface area contributed by atoms with E-state index in [0.717, 1.165) is 73.9 Å². The van der Waals surface area contributed by atoms with Crippen molar-refractivity contribution in [1.29, 1.82) is 0 Å². The van der Waals surface area contributed by atoms with Gasteiger partial charge in [0.05, 0.1) is 24.4 Å². The van der Waals surface area contributed by atoms with Crippen LogP contribution in [0, 0.1) is 5.92 Å². The maximum Gasteiger partial charge on any atom is 0.157 e. The second-order valence-electron chi connectivity index (χ2n) is 7.41. The number of pyridine rings is 1. The molecular formula is C22H28N6O. The largest absolute Gasteiger partial charge is 0.378 e. The van der Waals surface area contributed by atoms with Crippen molar-refractivity contribution in [3.05, 3.63) is 55.2 Å². The molecular weight excluding hydrogens is 364 g/mol. The molecule has 0 spiro atoms. The van der Waals surface area contributed by atoms with Gasteiger partial charge < -0.3 is 20.3 Å². The first-order valence-electron chi connectivity index (χ1n) is 10.2. The summed E-state index contributed by atoms with van der Waals surface area (Å²) in [6, 6.07) is 1.98. The van der Waals surface area contributed by atoms with E-state index in [1.54, 1.807) is 12.4 Å². The fourth-order valence-corrected chi connectivity index (χ4v) is 3.79. The van der Waals surface area contributed by atoms with Crippen molar-refractivity contribution in [2.24, 2.45) is 11.7 Å². The number of fused-ring (bicyclic) bond motifs is 1. The Morgan fingerprint density at radius 3 is 2.83 bits per heavy atom. The molecule has 2 aliphatic rings. The molecule has 2 aromatic heterocycles. The van der Waals surface area contributed by atoms with Crippen LogP contribution in [0.3, 0.4) is 0 Å². The van der Waals surface area contributed by atoms with E-state index in [-0.39, 0.29) is 0 Å². The minimum Gasteiger partial charge on any atom is -0.378 e. The molecule has 29 heavy (non-hydrogen) atoms. The van der Waals surface area contributed by atoms with Gasteiger partial charge in [0.15, 0.2) is 5.82 Å². The van der Waals surface area contributed by atoms with E-state index in [9.17, 15) is 0 Å². The summed E-state index contributed by atoms with van der Waals surface area (Å²) in [4.78, 5) is 18.6. The van der Waals surface area contributed by atoms with Crippen LogP contribution in [0.1, 0.15) is 12.1 Å². The number of aromatic nitrogens is 3. The van der Waals surface area contributed by atoms with E-state index in [1.165, 1.54) is 0 Å². The van der Waals surface area contributed by atoms with Crippen molar-refractivity contribution >= 4 is 22.4 Å². The summed E-state index contributed by atoms with van der Waals surface area (Å²) >= 11 is 0. The van der Waals surface area contributed by atoms with Gasteiger partial charge in [-0.2, -0.15) is 0 Å². The highest BCUT2D eigenvalue weighted by molar-refractivity contribution is 5.89. The van der Waals surface area contributed by atoms with E-state index in [4.69, 9.17) is 15.5 Å². The van der Waals surface area contributed by atoms with E-state index in [1.807, 2.05) is 24.3 Å². The third kappa shape index (κ3) is 4.46. The van der Waals surface area contributed by atoms with Gasteiger partial charge in [0, 0.05) is 38.6 Å². The zero-order valence-corrected chi connectivity index (χ0v) is 16.7. The summed E-state index contributed by atoms with van der Waals surface area (Å²) in [5, 5.41) is 0. The Morgan fingerprint density at radius 1 is 1.24 bits per heavy atom. The lowest BCUT2D eigenvalue weighted by Crippen LogP contribution is -2.31. The smallest absolute Gasteiger partial charge is 0.157 e. The number of morpholine rings is 1. The van der Waals surface area contributed by atoms with Crippen molar-refractivity contribution in [3.8, 4) is 0 Å². The van der Waals surface area contributed by atoms with E-state index in [0.29, 0.717) is 12.5 Å². The van der Waals surface area contributed by atoms with Gasteiger partial charge in [0.25, 0.3) is 0 Å². The minimum atomic E-state index is 0.498. The SMILES string of the molecule is C=C/C(=C\C=C\N1CCOCC1)c1cc2nccnc2c(N2CCC(CN)C2)n1. The number of hydrogen-bond donors (Lipinski definition) is 1. The van der Waals surface area contributed by atoms with Gasteiger partial charge in [-0.15, -0.1) is 0 Å². The number of ether oxygens (including phenoxy) is 1. The molecule has 0 bridgehead atoms.